The number of ether oxygens (including phenoxy) is 2. The zero-order chi connectivity index (χ0) is 16.3. The van der Waals surface area contributed by atoms with Crippen molar-refractivity contribution >= 4 is 9.85 Å². The molecule has 0 bridgehead atoms. The van der Waals surface area contributed by atoms with E-state index in [1.807, 2.05) is 12.2 Å². The molecule has 0 spiro atoms. The summed E-state index contributed by atoms with van der Waals surface area (Å²) in [7, 11) is -1.58. The minimum Gasteiger partial charge on any atom is -0.343 e. The number of rotatable bonds is 13. The van der Waals surface area contributed by atoms with Crippen molar-refractivity contribution in [1.29, 1.82) is 0 Å². The summed E-state index contributed by atoms with van der Waals surface area (Å²) in [5.41, 5.74) is 1.19. The van der Waals surface area contributed by atoms with Crippen molar-refractivity contribution in [3.05, 3.63) is 22.9 Å². The summed E-state index contributed by atoms with van der Waals surface area (Å²) in [5, 5.41) is 11.5. The smallest absolute Gasteiger partial charge is 0.280 e. The first-order valence-corrected chi connectivity index (χ1v) is 9.83. The van der Waals surface area contributed by atoms with Crippen LogP contribution in [0.4, 0.5) is 4.11 Å². The highest BCUT2D eigenvalue weighted by Crippen LogP contribution is 2.26. The fraction of sp³-hybridized carbons (Fsp3) is 0.765. The molecule has 128 valence electrons. The van der Waals surface area contributed by atoms with E-state index in [-0.39, 0.29) is 0 Å². The third-order valence-electron chi connectivity index (χ3n) is 3.90. The zero-order valence-electron chi connectivity index (χ0n) is 14.1. The molecule has 1 N–H and O–H groups in total. The van der Waals surface area contributed by atoms with E-state index >= 15 is 0 Å². The van der Waals surface area contributed by atoms with Crippen LogP contribution in [0.5, 0.6) is 0 Å². The number of aliphatic hydroxyl groups is 1. The van der Waals surface area contributed by atoms with Gasteiger partial charge < -0.3 is 18.7 Å². The Hall–Kier alpha value is -0.493. The molecule has 0 fully saturated rings. The molecule has 0 aromatic rings. The Labute approximate surface area is 136 Å². The van der Waals surface area contributed by atoms with Crippen LogP contribution in [-0.4, -0.2) is 34.1 Å². The van der Waals surface area contributed by atoms with Gasteiger partial charge in [0.1, 0.15) is 0 Å². The molecule has 0 atom stereocenters. The van der Waals surface area contributed by atoms with Gasteiger partial charge in [-0.2, -0.15) is 0 Å². The standard InChI is InChI=1S/C17H31FO3Si/c1-3-5-13-20-17(19,21-14-6-4-2)12-8-10-15-9-7-11-16(15)22-18/h7,11,19H,3-6,8-10,12-14,22H2,1-2H3. The molecule has 1 aliphatic rings. The van der Waals surface area contributed by atoms with Gasteiger partial charge >= 0.3 is 0 Å². The molecule has 1 rings (SSSR count). The Morgan fingerprint density at radius 1 is 1.18 bits per heavy atom. The minimum absolute atomic E-state index is 0.436. The van der Waals surface area contributed by atoms with Gasteiger partial charge in [-0.05, 0) is 37.3 Å². The monoisotopic (exact) mass is 330 g/mol. The van der Waals surface area contributed by atoms with Gasteiger partial charge in [-0.15, -0.1) is 0 Å². The maximum Gasteiger partial charge on any atom is 0.280 e. The predicted octanol–water partition coefficient (Wildman–Crippen LogP) is 3.70. The highest BCUT2D eigenvalue weighted by molar-refractivity contribution is 6.39. The molecule has 0 radical (unpaired) electrons. The molecule has 1 aliphatic carbocycles. The topological polar surface area (TPSA) is 38.7 Å². The second kappa shape index (κ2) is 11.1. The highest BCUT2D eigenvalue weighted by Gasteiger charge is 2.28. The second-order valence-electron chi connectivity index (χ2n) is 5.84. The van der Waals surface area contributed by atoms with Gasteiger partial charge in [-0.25, -0.2) is 0 Å². The Bertz CT molecular complexity index is 359. The number of allylic oxidation sites excluding steroid dienone is 4. The molecule has 0 saturated heterocycles. The molecule has 22 heavy (non-hydrogen) atoms. The maximum atomic E-state index is 13.0. The third kappa shape index (κ3) is 7.18. The van der Waals surface area contributed by atoms with Crippen LogP contribution >= 0.6 is 0 Å². The van der Waals surface area contributed by atoms with Crippen LogP contribution in [0.15, 0.2) is 22.9 Å². The van der Waals surface area contributed by atoms with E-state index in [0.29, 0.717) is 19.6 Å². The number of hydrogen-bond acceptors (Lipinski definition) is 3. The summed E-state index contributed by atoms with van der Waals surface area (Å²) in [5.74, 6) is -1.48. The van der Waals surface area contributed by atoms with E-state index in [4.69, 9.17) is 9.47 Å². The van der Waals surface area contributed by atoms with E-state index < -0.39 is 15.8 Å². The molecule has 0 amide bonds. The average Bonchev–Trinajstić information content (AvgIpc) is 2.95. The summed E-state index contributed by atoms with van der Waals surface area (Å²) in [4.78, 5) is 0. The zero-order valence-corrected chi connectivity index (χ0v) is 15.5. The normalized spacial score (nSPS) is 15.6. The van der Waals surface area contributed by atoms with Crippen molar-refractivity contribution < 1.29 is 18.7 Å². The van der Waals surface area contributed by atoms with E-state index in [1.165, 1.54) is 5.57 Å². The van der Waals surface area contributed by atoms with Gasteiger partial charge in [-0.1, -0.05) is 44.4 Å². The van der Waals surface area contributed by atoms with Gasteiger partial charge in [0.2, 0.25) is 9.85 Å². The van der Waals surface area contributed by atoms with Crippen molar-refractivity contribution in [3.63, 3.8) is 0 Å². The first kappa shape index (κ1) is 19.6. The molecule has 5 heteroatoms. The van der Waals surface area contributed by atoms with E-state index in [9.17, 15) is 9.21 Å². The van der Waals surface area contributed by atoms with Crippen molar-refractivity contribution in [1.82, 2.24) is 0 Å². The van der Waals surface area contributed by atoms with Crippen LogP contribution in [0, 0.1) is 0 Å². The summed E-state index contributed by atoms with van der Waals surface area (Å²) < 4.78 is 24.1. The molecular weight excluding hydrogens is 299 g/mol. The van der Waals surface area contributed by atoms with E-state index in [1.54, 1.807) is 0 Å². The predicted molar refractivity (Wildman–Crippen MR) is 91.0 cm³/mol. The summed E-state index contributed by atoms with van der Waals surface area (Å²) in [6, 6.07) is 0. The molecule has 0 heterocycles. The quantitative estimate of drug-likeness (QED) is 0.242. The maximum absolute atomic E-state index is 13.0. The third-order valence-corrected chi connectivity index (χ3v) is 4.93. The van der Waals surface area contributed by atoms with Crippen LogP contribution in [-0.2, 0) is 9.47 Å². The van der Waals surface area contributed by atoms with Crippen LogP contribution in [0.3, 0.4) is 0 Å². The van der Waals surface area contributed by atoms with Crippen LogP contribution in [0.2, 0.25) is 0 Å². The van der Waals surface area contributed by atoms with Crippen molar-refractivity contribution in [2.45, 2.75) is 71.2 Å². The van der Waals surface area contributed by atoms with Gasteiger partial charge in [0, 0.05) is 6.42 Å². The van der Waals surface area contributed by atoms with Crippen molar-refractivity contribution in [2.75, 3.05) is 13.2 Å². The molecule has 0 saturated carbocycles. The van der Waals surface area contributed by atoms with Crippen LogP contribution in [0.25, 0.3) is 0 Å². The van der Waals surface area contributed by atoms with Crippen LogP contribution in [0.1, 0.15) is 65.2 Å². The molecule has 3 nitrogen and oxygen atoms in total. The van der Waals surface area contributed by atoms with Gasteiger partial charge in [0.05, 0.1) is 13.2 Å². The first-order chi connectivity index (χ1) is 10.6. The lowest BCUT2D eigenvalue weighted by atomic mass is 10.1. The highest BCUT2D eigenvalue weighted by atomic mass is 28.3. The van der Waals surface area contributed by atoms with Crippen LogP contribution < -0.4 is 0 Å². The lowest BCUT2D eigenvalue weighted by Gasteiger charge is -2.28. The van der Waals surface area contributed by atoms with Gasteiger partial charge in [-0.3, -0.25) is 0 Å². The largest absolute Gasteiger partial charge is 0.343 e. The molecule has 0 unspecified atom stereocenters. The van der Waals surface area contributed by atoms with Gasteiger partial charge in [0.15, 0.2) is 0 Å². The molecular formula is C17H31FO3Si. The number of unbranched alkanes of at least 4 members (excludes halogenated alkanes) is 2. The SMILES string of the molecule is CCCCOC(O)(CCCC1=C([SiH2]F)C=CC1)OCCCC. The van der Waals surface area contributed by atoms with Gasteiger partial charge in [0.25, 0.3) is 5.97 Å². The van der Waals surface area contributed by atoms with E-state index in [2.05, 4.69) is 13.8 Å². The summed E-state index contributed by atoms with van der Waals surface area (Å²) in [6.45, 7) is 5.18. The van der Waals surface area contributed by atoms with E-state index in [0.717, 1.165) is 50.1 Å². The minimum atomic E-state index is -1.58. The summed E-state index contributed by atoms with van der Waals surface area (Å²) >= 11 is 0. The van der Waals surface area contributed by atoms with Crippen molar-refractivity contribution in [3.8, 4) is 0 Å². The average molecular weight is 331 g/mol. The number of halogens is 1. The first-order valence-electron chi connectivity index (χ1n) is 8.59. The lowest BCUT2D eigenvalue weighted by molar-refractivity contribution is -0.363. The summed E-state index contributed by atoms with van der Waals surface area (Å²) in [6.07, 6.45) is 10.7. The Kier molecular flexibility index (Phi) is 9.87. The second-order valence-corrected chi connectivity index (χ2v) is 6.87. The molecule has 0 aromatic heterocycles. The Morgan fingerprint density at radius 3 is 2.36 bits per heavy atom. The molecule has 0 aliphatic heterocycles. The fourth-order valence-electron chi connectivity index (χ4n) is 2.46. The number of hydrogen-bond donors (Lipinski definition) is 1. The lowest BCUT2D eigenvalue weighted by Crippen LogP contribution is -2.36. The fourth-order valence-corrected chi connectivity index (χ4v) is 3.22. The van der Waals surface area contributed by atoms with Crippen molar-refractivity contribution in [2.24, 2.45) is 0 Å². The Balaban J connectivity index is 2.42. The molecule has 0 aromatic carbocycles. The Morgan fingerprint density at radius 2 is 1.82 bits per heavy atom.